The Kier molecular flexibility index (Phi) is 7.74. The molecule has 0 aromatic heterocycles. The molecule has 0 aliphatic rings. The molecule has 0 saturated carbocycles. The van der Waals surface area contributed by atoms with Gasteiger partial charge in [-0.2, -0.15) is 0 Å². The van der Waals surface area contributed by atoms with E-state index in [4.69, 9.17) is 0 Å². The highest BCUT2D eigenvalue weighted by atomic mass is 14.3. The van der Waals surface area contributed by atoms with Gasteiger partial charge in [0.2, 0.25) is 0 Å². The molecule has 4 aromatic rings. The first-order chi connectivity index (χ1) is 18.5. The molecule has 0 amide bonds. The average molecular weight is 531 g/mol. The zero-order valence-corrected chi connectivity index (χ0v) is 28.2. The van der Waals surface area contributed by atoms with Crippen molar-refractivity contribution < 1.29 is 0 Å². The molecule has 0 atom stereocenters. The van der Waals surface area contributed by atoms with Gasteiger partial charge < -0.3 is 0 Å². The normalized spacial score (nSPS) is 11.5. The third-order valence-electron chi connectivity index (χ3n) is 11.2. The van der Waals surface area contributed by atoms with Gasteiger partial charge in [-0.25, -0.2) is 0 Å². The summed E-state index contributed by atoms with van der Waals surface area (Å²) in [6.45, 7) is 36.9. The van der Waals surface area contributed by atoms with E-state index in [-0.39, 0.29) is 0 Å². The van der Waals surface area contributed by atoms with Crippen molar-refractivity contribution in [2.45, 2.75) is 111 Å². The van der Waals surface area contributed by atoms with E-state index in [1.54, 1.807) is 0 Å². The molecule has 0 bridgehead atoms. The standard InChI is InChI=1S/C40H50/c1-19-22(4)28(10)38(29(11)23(19)5)35-17-36(39-30(12)24(6)20(2)25(7)31(39)13)34(16)37(18-35)40-32(14)26(8)21(3)27(9)33(40)15/h17-18H,1-16H3. The minimum absolute atomic E-state index is 1.33. The highest BCUT2D eigenvalue weighted by Crippen LogP contribution is 2.45. The van der Waals surface area contributed by atoms with Gasteiger partial charge >= 0.3 is 0 Å². The molecule has 0 N–H and O–H groups in total. The van der Waals surface area contributed by atoms with Gasteiger partial charge in [0.25, 0.3) is 0 Å². The van der Waals surface area contributed by atoms with Crippen molar-refractivity contribution in [2.24, 2.45) is 0 Å². The van der Waals surface area contributed by atoms with E-state index < -0.39 is 0 Å². The second-order valence-corrected chi connectivity index (χ2v) is 12.7. The monoisotopic (exact) mass is 530 g/mol. The van der Waals surface area contributed by atoms with Crippen LogP contribution in [0.25, 0.3) is 33.4 Å². The van der Waals surface area contributed by atoms with Crippen molar-refractivity contribution in [3.8, 4) is 33.4 Å². The minimum atomic E-state index is 1.33. The summed E-state index contributed by atoms with van der Waals surface area (Å²) in [7, 11) is 0. The van der Waals surface area contributed by atoms with Crippen LogP contribution in [0.4, 0.5) is 0 Å². The third-order valence-corrected chi connectivity index (χ3v) is 11.2. The lowest BCUT2D eigenvalue weighted by atomic mass is 9.78. The molecule has 0 fully saturated rings. The Morgan fingerprint density at radius 1 is 0.225 bits per heavy atom. The van der Waals surface area contributed by atoms with Gasteiger partial charge in [-0.1, -0.05) is 0 Å². The van der Waals surface area contributed by atoms with Crippen molar-refractivity contribution in [1.29, 1.82) is 0 Å². The lowest BCUT2D eigenvalue weighted by Gasteiger charge is -2.26. The zero-order valence-electron chi connectivity index (χ0n) is 28.2. The van der Waals surface area contributed by atoms with Crippen molar-refractivity contribution in [1.82, 2.24) is 0 Å². The van der Waals surface area contributed by atoms with Crippen LogP contribution in [0.2, 0.25) is 0 Å². The van der Waals surface area contributed by atoms with Crippen LogP contribution in [0.15, 0.2) is 12.1 Å². The molecule has 0 heteroatoms. The largest absolute Gasteiger partial charge is 0.0461 e. The van der Waals surface area contributed by atoms with Gasteiger partial charge in [-0.15, -0.1) is 0 Å². The molecule has 4 rings (SSSR count). The first-order valence-corrected chi connectivity index (χ1v) is 14.9. The summed E-state index contributed by atoms with van der Waals surface area (Å²) in [6, 6.07) is 5.01. The van der Waals surface area contributed by atoms with Gasteiger partial charge in [-0.3, -0.25) is 0 Å². The van der Waals surface area contributed by atoms with Crippen LogP contribution in [0.5, 0.6) is 0 Å². The fraction of sp³-hybridized carbons (Fsp3) is 0.400. The summed E-state index contributed by atoms with van der Waals surface area (Å²) in [4.78, 5) is 0. The SMILES string of the molecule is Cc1c(-c2c(C)c(C)c(C)c(C)c2C)cc(-c2c(C)c(C)c(C)c(C)c2C)cc1-c1c(C)c(C)c(C)c(C)c1C. The summed E-state index contributed by atoms with van der Waals surface area (Å²) in [5, 5.41) is 0. The van der Waals surface area contributed by atoms with E-state index in [1.807, 2.05) is 0 Å². The highest BCUT2D eigenvalue weighted by Gasteiger charge is 2.23. The van der Waals surface area contributed by atoms with E-state index in [2.05, 4.69) is 123 Å². The predicted octanol–water partition coefficient (Wildman–Crippen LogP) is 11.6. The quantitative estimate of drug-likeness (QED) is 0.247. The van der Waals surface area contributed by atoms with Crippen molar-refractivity contribution >= 4 is 0 Å². The van der Waals surface area contributed by atoms with Crippen molar-refractivity contribution in [3.05, 3.63) is 101 Å². The average Bonchev–Trinajstić information content (AvgIpc) is 2.92. The van der Waals surface area contributed by atoms with Gasteiger partial charge in [-0.05, 0) is 245 Å². The maximum atomic E-state index is 2.50. The van der Waals surface area contributed by atoms with Crippen LogP contribution < -0.4 is 0 Å². The molecular formula is C40H50. The fourth-order valence-electron chi connectivity index (χ4n) is 7.12. The Bertz CT molecular complexity index is 1540. The van der Waals surface area contributed by atoms with Crippen LogP contribution in [0, 0.1) is 111 Å². The third kappa shape index (κ3) is 4.27. The maximum Gasteiger partial charge on any atom is -0.0117 e. The van der Waals surface area contributed by atoms with Gasteiger partial charge in [0.15, 0.2) is 0 Å². The Labute approximate surface area is 244 Å². The summed E-state index contributed by atoms with van der Waals surface area (Å²) >= 11 is 0. The van der Waals surface area contributed by atoms with Gasteiger partial charge in [0, 0.05) is 0 Å². The topological polar surface area (TPSA) is 0 Å². The van der Waals surface area contributed by atoms with Gasteiger partial charge in [0.05, 0.1) is 0 Å². The van der Waals surface area contributed by atoms with Crippen LogP contribution in [0.3, 0.4) is 0 Å². The molecule has 210 valence electrons. The number of rotatable bonds is 3. The molecule has 0 unspecified atom stereocenters. The summed E-state index contributed by atoms with van der Waals surface area (Å²) in [5.41, 5.74) is 30.8. The lowest BCUT2D eigenvalue weighted by Crippen LogP contribution is -2.05. The Morgan fingerprint density at radius 2 is 0.425 bits per heavy atom. The zero-order chi connectivity index (χ0) is 30.1. The summed E-state index contributed by atoms with van der Waals surface area (Å²) < 4.78 is 0. The van der Waals surface area contributed by atoms with Crippen LogP contribution in [0.1, 0.15) is 89.0 Å². The van der Waals surface area contributed by atoms with E-state index in [0.29, 0.717) is 0 Å². The molecule has 0 nitrogen and oxygen atoms in total. The molecule has 0 spiro atoms. The number of hydrogen-bond donors (Lipinski definition) is 0. The predicted molar refractivity (Wildman–Crippen MR) is 179 cm³/mol. The first kappa shape index (κ1) is 29.9. The van der Waals surface area contributed by atoms with E-state index >= 15 is 0 Å². The van der Waals surface area contributed by atoms with E-state index in [0.717, 1.165) is 0 Å². The number of benzene rings is 4. The van der Waals surface area contributed by atoms with Crippen LogP contribution >= 0.6 is 0 Å². The fourth-order valence-corrected chi connectivity index (χ4v) is 7.12. The van der Waals surface area contributed by atoms with Crippen LogP contribution in [-0.2, 0) is 0 Å². The Hall–Kier alpha value is -3.12. The lowest BCUT2D eigenvalue weighted by molar-refractivity contribution is 1.16. The Morgan fingerprint density at radius 3 is 0.675 bits per heavy atom. The van der Waals surface area contributed by atoms with Crippen LogP contribution in [-0.4, -0.2) is 0 Å². The molecule has 40 heavy (non-hydrogen) atoms. The molecule has 0 aliphatic carbocycles. The van der Waals surface area contributed by atoms with Crippen molar-refractivity contribution in [3.63, 3.8) is 0 Å². The molecular weight excluding hydrogens is 480 g/mol. The first-order valence-electron chi connectivity index (χ1n) is 14.9. The maximum absolute atomic E-state index is 2.50. The summed E-state index contributed by atoms with van der Waals surface area (Å²) in [6.07, 6.45) is 0. The van der Waals surface area contributed by atoms with E-state index in [1.165, 1.54) is 122 Å². The minimum Gasteiger partial charge on any atom is -0.0461 e. The second kappa shape index (κ2) is 10.4. The Balaban J connectivity index is 2.28. The molecule has 4 aromatic carbocycles. The molecule has 0 heterocycles. The highest BCUT2D eigenvalue weighted by molar-refractivity contribution is 5.91. The molecule has 0 aliphatic heterocycles. The van der Waals surface area contributed by atoms with Crippen molar-refractivity contribution in [2.75, 3.05) is 0 Å². The van der Waals surface area contributed by atoms with Gasteiger partial charge in [0.1, 0.15) is 0 Å². The smallest absolute Gasteiger partial charge is 0.0117 e. The summed E-state index contributed by atoms with van der Waals surface area (Å²) in [5.74, 6) is 0. The molecule has 0 radical (unpaired) electrons. The van der Waals surface area contributed by atoms with E-state index in [9.17, 15) is 0 Å². The molecule has 0 saturated heterocycles. The number of hydrogen-bond acceptors (Lipinski definition) is 0. The second-order valence-electron chi connectivity index (χ2n) is 12.7.